The van der Waals surface area contributed by atoms with Crippen molar-refractivity contribution in [3.8, 4) is 0 Å². The zero-order valence-electron chi connectivity index (χ0n) is 11.1. The van der Waals surface area contributed by atoms with E-state index in [1.165, 1.54) is 0 Å². The average molecular weight is 387 g/mol. The molecule has 11 heteroatoms. The summed E-state index contributed by atoms with van der Waals surface area (Å²) >= 11 is 0. The zero-order valence-corrected chi connectivity index (χ0v) is 13.7. The molecule has 0 spiro atoms. The van der Waals surface area contributed by atoms with Crippen LogP contribution in [0, 0.1) is 0 Å². The number of rotatable bonds is 5. The number of carboxylic acid groups (broad SMARTS) is 2. The maximum Gasteiger partial charge on any atom is 0 e. The first-order chi connectivity index (χ1) is 7.81. The summed E-state index contributed by atoms with van der Waals surface area (Å²) in [7, 11) is -1.25. The van der Waals surface area contributed by atoms with Gasteiger partial charge in [-0.1, -0.05) is 0 Å². The topological polar surface area (TPSA) is 140 Å². The Kier molecular flexibility index (Phi) is 43.3. The standard InChI is InChI=1S/C4H9B2O2P.2C2H4O2.H2O.Pd/c1-2-3-4-9(5-7)6-8;2*1-2(3)4;;/h2-4H2,1H3;2*1H3,(H,3,4);1H2;/p+1. The van der Waals surface area contributed by atoms with Gasteiger partial charge in [0.2, 0.25) is 0 Å². The predicted molar refractivity (Wildman–Crippen MR) is 71.2 cm³/mol. The number of unbranched alkanes of at least 4 members (excludes halogenated alkanes) is 1. The van der Waals surface area contributed by atoms with Crippen molar-refractivity contribution in [3.05, 3.63) is 0 Å². The van der Waals surface area contributed by atoms with Crippen LogP contribution in [0.4, 0.5) is 0 Å². The molecule has 0 saturated carbocycles. The maximum absolute atomic E-state index is 10.1. The molecule has 0 aliphatic heterocycles. The van der Waals surface area contributed by atoms with Crippen molar-refractivity contribution in [2.45, 2.75) is 33.6 Å². The molecule has 0 amide bonds. The number of carbonyl (C=O) groups is 2. The Hall–Kier alpha value is -0.278. The van der Waals surface area contributed by atoms with E-state index in [0.29, 0.717) is 0 Å². The number of hydrogen-bond donors (Lipinski definition) is 2. The van der Waals surface area contributed by atoms with Crippen molar-refractivity contribution in [3.63, 3.8) is 0 Å². The Labute approximate surface area is 128 Å². The van der Waals surface area contributed by atoms with Crippen LogP contribution < -0.4 is 0 Å². The molecule has 0 saturated heterocycles. The van der Waals surface area contributed by atoms with Gasteiger partial charge in [0.25, 0.3) is 11.9 Å². The molecule has 7 nitrogen and oxygen atoms in total. The fraction of sp³-hybridized carbons (Fsp3) is 0.750. The van der Waals surface area contributed by atoms with Crippen LogP contribution in [0.3, 0.4) is 0 Å². The summed E-state index contributed by atoms with van der Waals surface area (Å²) < 4.78 is 20.1. The SMILES string of the molecule is CC(=O)O.CC(=O)O.CCCC[PH+](B=O)B=O.O.[Pd]. The molecular formula is C8H20B2O7PPd+. The van der Waals surface area contributed by atoms with Gasteiger partial charge in [0, 0.05) is 34.3 Å². The van der Waals surface area contributed by atoms with Gasteiger partial charge in [-0.3, -0.25) is 9.59 Å². The average Bonchev–Trinajstić information content (AvgIpc) is 2.18. The van der Waals surface area contributed by atoms with Gasteiger partial charge in [-0.05, 0) is 0 Å². The van der Waals surface area contributed by atoms with Crippen molar-refractivity contribution < 1.29 is 55.1 Å². The van der Waals surface area contributed by atoms with E-state index in [0.717, 1.165) is 46.6 Å². The molecule has 0 aromatic heterocycles. The van der Waals surface area contributed by atoms with Crippen molar-refractivity contribution in [1.82, 2.24) is 0 Å². The Balaban J connectivity index is -0.0000000560. The molecule has 0 atom stereocenters. The van der Waals surface area contributed by atoms with Crippen LogP contribution in [0.15, 0.2) is 0 Å². The molecule has 0 radical (unpaired) electrons. The summed E-state index contributed by atoms with van der Waals surface area (Å²) in [6.45, 7) is 5.84. The monoisotopic (exact) mass is 387 g/mol. The van der Waals surface area contributed by atoms with E-state index in [1.54, 1.807) is 0 Å². The van der Waals surface area contributed by atoms with Gasteiger partial charge in [0.05, 0.1) is 0 Å². The molecule has 0 rings (SSSR count). The second-order valence-corrected chi connectivity index (χ2v) is 5.07. The fourth-order valence-electron chi connectivity index (χ4n) is 0.527. The van der Waals surface area contributed by atoms with Crippen molar-refractivity contribution in [2.24, 2.45) is 0 Å². The van der Waals surface area contributed by atoms with Crippen LogP contribution in [0.25, 0.3) is 0 Å². The van der Waals surface area contributed by atoms with Gasteiger partial charge >= 0.3 is 56.8 Å². The first-order valence-corrected chi connectivity index (χ1v) is 6.83. The molecule has 0 fully saturated rings. The molecule has 0 aliphatic rings. The third kappa shape index (κ3) is 73.5. The summed E-state index contributed by atoms with van der Waals surface area (Å²) in [6.07, 6.45) is 2.88. The van der Waals surface area contributed by atoms with Crippen molar-refractivity contribution in [1.29, 1.82) is 0 Å². The largest absolute Gasteiger partial charge is 0.412 e. The van der Waals surface area contributed by atoms with Crippen molar-refractivity contribution >= 4 is 33.4 Å². The normalized spacial score (nSPS) is 6.74. The molecule has 0 bridgehead atoms. The van der Waals surface area contributed by atoms with E-state index in [-0.39, 0.29) is 25.9 Å². The minimum atomic E-state index is -1.25. The van der Waals surface area contributed by atoms with Crippen LogP contribution in [0.1, 0.15) is 33.6 Å². The van der Waals surface area contributed by atoms with Gasteiger partial charge in [0.15, 0.2) is 0 Å². The van der Waals surface area contributed by atoms with Gasteiger partial charge in [0.1, 0.15) is 0 Å². The van der Waals surface area contributed by atoms with Crippen LogP contribution in [0.5, 0.6) is 0 Å². The predicted octanol–water partition coefficient (Wildman–Crippen LogP) is 0.285. The molecule has 4 N–H and O–H groups in total. The molecular weight excluding hydrogens is 367 g/mol. The Bertz CT molecular complexity index is 215. The Morgan fingerprint density at radius 3 is 1.47 bits per heavy atom. The van der Waals surface area contributed by atoms with E-state index in [1.807, 2.05) is 0 Å². The molecule has 0 aromatic rings. The summed E-state index contributed by atoms with van der Waals surface area (Å²) in [4.78, 5) is 18.0. The summed E-state index contributed by atoms with van der Waals surface area (Å²) in [5.41, 5.74) is 0. The van der Waals surface area contributed by atoms with Gasteiger partial charge in [-0.25, -0.2) is 0 Å². The fourth-order valence-corrected chi connectivity index (χ4v) is 1.58. The summed E-state index contributed by atoms with van der Waals surface area (Å²) in [6, 6.07) is 0. The number of aliphatic carboxylic acids is 2. The molecule has 0 aliphatic carbocycles. The van der Waals surface area contributed by atoms with E-state index in [4.69, 9.17) is 19.8 Å². The Morgan fingerprint density at radius 1 is 1.05 bits per heavy atom. The zero-order chi connectivity index (χ0) is 14.3. The molecule has 19 heavy (non-hydrogen) atoms. The maximum atomic E-state index is 10.1. The second kappa shape index (κ2) is 26.3. The van der Waals surface area contributed by atoms with E-state index < -0.39 is 19.6 Å². The quantitative estimate of drug-likeness (QED) is 0.513. The minimum absolute atomic E-state index is 0. The molecule has 0 unspecified atom stereocenters. The van der Waals surface area contributed by atoms with Crippen LogP contribution in [-0.4, -0.2) is 47.5 Å². The molecule has 0 heterocycles. The van der Waals surface area contributed by atoms with Gasteiger partial charge in [-0.15, -0.1) is 0 Å². The number of carboxylic acids is 2. The van der Waals surface area contributed by atoms with Gasteiger partial charge < -0.3 is 15.7 Å². The van der Waals surface area contributed by atoms with E-state index in [9.17, 15) is 9.41 Å². The molecule has 0 aromatic carbocycles. The first-order valence-electron chi connectivity index (χ1n) is 4.96. The van der Waals surface area contributed by atoms with Crippen LogP contribution in [-0.2, 0) is 39.4 Å². The third-order valence-electron chi connectivity index (χ3n) is 1.12. The van der Waals surface area contributed by atoms with Crippen LogP contribution in [0.2, 0.25) is 0 Å². The number of hydrogen-bond acceptors (Lipinski definition) is 4. The van der Waals surface area contributed by atoms with E-state index >= 15 is 0 Å². The second-order valence-electron chi connectivity index (χ2n) is 2.95. The van der Waals surface area contributed by atoms with E-state index in [2.05, 4.69) is 6.92 Å². The summed E-state index contributed by atoms with van der Waals surface area (Å²) in [5.74, 6) is -1.67. The molecule has 114 valence electrons. The van der Waals surface area contributed by atoms with Gasteiger partial charge in [-0.2, -0.15) is 0 Å². The Morgan fingerprint density at radius 2 is 1.32 bits per heavy atom. The third-order valence-corrected chi connectivity index (χ3v) is 2.66. The minimum Gasteiger partial charge on any atom is -0.412 e. The first kappa shape index (κ1) is 31.2. The van der Waals surface area contributed by atoms with Crippen molar-refractivity contribution in [2.75, 3.05) is 6.16 Å². The van der Waals surface area contributed by atoms with Crippen LogP contribution >= 0.6 is 7.68 Å². The summed E-state index contributed by atoms with van der Waals surface area (Å²) in [5, 5.41) is 14.8. The smallest absolute Gasteiger partial charge is 0 e.